The Morgan fingerprint density at radius 1 is 1.26 bits per heavy atom. The van der Waals surface area contributed by atoms with Crippen LogP contribution in [0.15, 0.2) is 24.3 Å². The van der Waals surface area contributed by atoms with Crippen molar-refractivity contribution in [3.05, 3.63) is 29.8 Å². The molecule has 2 aliphatic rings. The van der Waals surface area contributed by atoms with E-state index < -0.39 is 0 Å². The van der Waals surface area contributed by atoms with E-state index >= 15 is 0 Å². The molecule has 2 fully saturated rings. The van der Waals surface area contributed by atoms with E-state index in [0.29, 0.717) is 18.4 Å². The number of benzene rings is 1. The monoisotopic (exact) mass is 259 g/mol. The molecule has 3 heteroatoms. The molecule has 1 aromatic rings. The number of phenols is 1. The normalized spacial score (nSPS) is 28.6. The van der Waals surface area contributed by atoms with Crippen molar-refractivity contribution >= 4 is 5.91 Å². The van der Waals surface area contributed by atoms with Gasteiger partial charge in [-0.25, -0.2) is 0 Å². The maximum absolute atomic E-state index is 12.5. The molecule has 0 aromatic heterocycles. The fourth-order valence-corrected chi connectivity index (χ4v) is 3.78. The van der Waals surface area contributed by atoms with Gasteiger partial charge in [0.2, 0.25) is 5.91 Å². The number of carbonyl (C=O) groups excluding carboxylic acids is 1. The molecular weight excluding hydrogens is 238 g/mol. The van der Waals surface area contributed by atoms with E-state index in [1.165, 1.54) is 19.3 Å². The van der Waals surface area contributed by atoms with Gasteiger partial charge in [0.15, 0.2) is 0 Å². The number of carbonyl (C=O) groups is 1. The van der Waals surface area contributed by atoms with Crippen LogP contribution in [0.25, 0.3) is 0 Å². The zero-order valence-corrected chi connectivity index (χ0v) is 11.4. The van der Waals surface area contributed by atoms with Gasteiger partial charge in [-0.3, -0.25) is 4.79 Å². The maximum Gasteiger partial charge on any atom is 0.226 e. The van der Waals surface area contributed by atoms with Gasteiger partial charge in [-0.2, -0.15) is 0 Å². The Bertz CT molecular complexity index is 468. The predicted octanol–water partition coefficient (Wildman–Crippen LogP) is 2.79. The first-order chi connectivity index (χ1) is 9.13. The van der Waals surface area contributed by atoms with E-state index in [0.717, 1.165) is 17.9 Å². The molecule has 3 rings (SSSR count). The Labute approximate surface area is 114 Å². The first kappa shape index (κ1) is 12.5. The van der Waals surface area contributed by atoms with Crippen molar-refractivity contribution in [1.82, 2.24) is 4.90 Å². The lowest BCUT2D eigenvalue weighted by molar-refractivity contribution is -0.136. The fourth-order valence-electron chi connectivity index (χ4n) is 3.78. The maximum atomic E-state index is 12.5. The van der Waals surface area contributed by atoms with Crippen LogP contribution in [0.5, 0.6) is 5.75 Å². The zero-order chi connectivity index (χ0) is 13.4. The zero-order valence-electron chi connectivity index (χ0n) is 11.4. The Hall–Kier alpha value is -1.51. The third-order valence-electron chi connectivity index (χ3n) is 4.79. The lowest BCUT2D eigenvalue weighted by Crippen LogP contribution is -2.35. The van der Waals surface area contributed by atoms with Crippen molar-refractivity contribution in [2.75, 3.05) is 7.05 Å². The van der Waals surface area contributed by atoms with Crippen molar-refractivity contribution in [3.63, 3.8) is 0 Å². The first-order valence-corrected chi connectivity index (χ1v) is 7.16. The quantitative estimate of drug-likeness (QED) is 0.906. The molecular formula is C16H21NO2. The number of nitrogens with zero attached hydrogens (tertiary/aromatic N) is 1. The topological polar surface area (TPSA) is 40.5 Å². The van der Waals surface area contributed by atoms with Crippen molar-refractivity contribution in [2.45, 2.75) is 32.2 Å². The summed E-state index contributed by atoms with van der Waals surface area (Å²) < 4.78 is 0. The SMILES string of the molecule is CN(Cc1ccc(O)cc1)C(=O)C1CC2CCC1C2. The van der Waals surface area contributed by atoms with E-state index in [2.05, 4.69) is 0 Å². The van der Waals surface area contributed by atoms with E-state index in [4.69, 9.17) is 0 Å². The van der Waals surface area contributed by atoms with Gasteiger partial charge in [0, 0.05) is 19.5 Å². The van der Waals surface area contributed by atoms with Crippen LogP contribution in [0.1, 0.15) is 31.2 Å². The molecule has 102 valence electrons. The third kappa shape index (κ3) is 2.46. The first-order valence-electron chi connectivity index (χ1n) is 7.16. The molecule has 0 saturated heterocycles. The van der Waals surface area contributed by atoms with Crippen molar-refractivity contribution in [1.29, 1.82) is 0 Å². The molecule has 2 saturated carbocycles. The van der Waals surface area contributed by atoms with Crippen LogP contribution < -0.4 is 0 Å². The largest absolute Gasteiger partial charge is 0.508 e. The highest BCUT2D eigenvalue weighted by Gasteiger charge is 2.43. The van der Waals surface area contributed by atoms with Gasteiger partial charge in [-0.05, 0) is 48.8 Å². The summed E-state index contributed by atoms with van der Waals surface area (Å²) >= 11 is 0. The molecule has 0 radical (unpaired) electrons. The number of amides is 1. The van der Waals surface area contributed by atoms with Crippen LogP contribution in [0, 0.1) is 17.8 Å². The molecule has 0 heterocycles. The second-order valence-corrected chi connectivity index (χ2v) is 6.14. The number of hydrogen-bond acceptors (Lipinski definition) is 2. The minimum Gasteiger partial charge on any atom is -0.508 e. The van der Waals surface area contributed by atoms with Crippen LogP contribution in [-0.2, 0) is 11.3 Å². The molecule has 2 bridgehead atoms. The van der Waals surface area contributed by atoms with Crippen molar-refractivity contribution < 1.29 is 9.90 Å². The summed E-state index contributed by atoms with van der Waals surface area (Å²) in [4.78, 5) is 14.3. The van der Waals surface area contributed by atoms with Gasteiger partial charge in [0.1, 0.15) is 5.75 Å². The van der Waals surface area contributed by atoms with Gasteiger partial charge < -0.3 is 10.0 Å². The van der Waals surface area contributed by atoms with Crippen LogP contribution in [0.2, 0.25) is 0 Å². The number of phenolic OH excluding ortho intramolecular Hbond substituents is 1. The van der Waals surface area contributed by atoms with Crippen molar-refractivity contribution in [2.24, 2.45) is 17.8 Å². The van der Waals surface area contributed by atoms with Crippen LogP contribution in [0.3, 0.4) is 0 Å². The molecule has 1 aromatic carbocycles. The van der Waals surface area contributed by atoms with Gasteiger partial charge in [0.05, 0.1) is 0 Å². The van der Waals surface area contributed by atoms with Gasteiger partial charge >= 0.3 is 0 Å². The summed E-state index contributed by atoms with van der Waals surface area (Å²) in [5.41, 5.74) is 1.07. The summed E-state index contributed by atoms with van der Waals surface area (Å²) in [6, 6.07) is 7.09. The predicted molar refractivity (Wildman–Crippen MR) is 73.5 cm³/mol. The second-order valence-electron chi connectivity index (χ2n) is 6.14. The highest BCUT2D eigenvalue weighted by molar-refractivity contribution is 5.79. The van der Waals surface area contributed by atoms with E-state index in [1.54, 1.807) is 12.1 Å². The minimum absolute atomic E-state index is 0.265. The Morgan fingerprint density at radius 3 is 2.58 bits per heavy atom. The number of rotatable bonds is 3. The second kappa shape index (κ2) is 4.87. The summed E-state index contributed by atoms with van der Waals surface area (Å²) in [7, 11) is 1.89. The summed E-state index contributed by atoms with van der Waals surface area (Å²) in [5.74, 6) is 2.28. The standard InChI is InChI=1S/C16H21NO2/c1-17(10-11-3-6-14(18)7-4-11)16(19)15-9-12-2-5-13(15)8-12/h3-4,6-7,12-13,15,18H,2,5,8-10H2,1H3. The molecule has 0 spiro atoms. The fraction of sp³-hybridized carbons (Fsp3) is 0.562. The Balaban J connectivity index is 1.62. The number of fused-ring (bicyclic) bond motifs is 2. The van der Waals surface area contributed by atoms with Crippen LogP contribution in [0.4, 0.5) is 0 Å². The summed E-state index contributed by atoms with van der Waals surface area (Å²) in [6.07, 6.45) is 4.94. The third-order valence-corrected chi connectivity index (χ3v) is 4.79. The molecule has 19 heavy (non-hydrogen) atoms. The molecule has 1 amide bonds. The van der Waals surface area contributed by atoms with Gasteiger partial charge in [-0.1, -0.05) is 18.6 Å². The molecule has 3 atom stereocenters. The minimum atomic E-state index is 0.265. The smallest absolute Gasteiger partial charge is 0.226 e. The lowest BCUT2D eigenvalue weighted by Gasteiger charge is -2.26. The molecule has 0 aliphatic heterocycles. The number of hydrogen-bond donors (Lipinski definition) is 1. The van der Waals surface area contributed by atoms with Crippen molar-refractivity contribution in [3.8, 4) is 5.75 Å². The number of aromatic hydroxyl groups is 1. The Morgan fingerprint density at radius 2 is 2.00 bits per heavy atom. The van der Waals surface area contributed by atoms with Crippen LogP contribution >= 0.6 is 0 Å². The van der Waals surface area contributed by atoms with E-state index in [1.807, 2.05) is 24.1 Å². The Kier molecular flexibility index (Phi) is 3.21. The van der Waals surface area contributed by atoms with Crippen LogP contribution in [-0.4, -0.2) is 23.0 Å². The summed E-state index contributed by atoms with van der Waals surface area (Å²) in [5, 5.41) is 9.26. The molecule has 3 nitrogen and oxygen atoms in total. The average Bonchev–Trinajstić information content (AvgIpc) is 3.03. The van der Waals surface area contributed by atoms with E-state index in [9.17, 15) is 9.90 Å². The van der Waals surface area contributed by atoms with E-state index in [-0.39, 0.29) is 11.7 Å². The lowest BCUT2D eigenvalue weighted by atomic mass is 9.88. The molecule has 1 N–H and O–H groups in total. The highest BCUT2D eigenvalue weighted by Crippen LogP contribution is 2.48. The van der Waals surface area contributed by atoms with Gasteiger partial charge in [-0.15, -0.1) is 0 Å². The summed E-state index contributed by atoms with van der Waals surface area (Å²) in [6.45, 7) is 0.632. The highest BCUT2D eigenvalue weighted by atomic mass is 16.3. The molecule has 2 aliphatic carbocycles. The van der Waals surface area contributed by atoms with Gasteiger partial charge in [0.25, 0.3) is 0 Å². The average molecular weight is 259 g/mol. The molecule has 3 unspecified atom stereocenters.